The molecule has 4 nitrogen and oxygen atoms in total. The van der Waals surface area contributed by atoms with Crippen LogP contribution in [-0.2, 0) is 10.0 Å². The molecule has 0 radical (unpaired) electrons. The molecule has 0 saturated carbocycles. The van der Waals surface area contributed by atoms with Gasteiger partial charge in [-0.25, -0.2) is 13.6 Å². The van der Waals surface area contributed by atoms with Crippen LogP contribution in [0.2, 0.25) is 0 Å². The lowest BCUT2D eigenvalue weighted by atomic mass is 10.2. The molecule has 0 aromatic heterocycles. The fraction of sp³-hybridized carbons (Fsp3) is 0.273. The molecular weight excluding hydrogens is 226 g/mol. The Hall–Kier alpha value is -1.33. The third kappa shape index (κ3) is 4.04. The number of sulfonamides is 1. The van der Waals surface area contributed by atoms with Crippen molar-refractivity contribution in [3.8, 4) is 5.75 Å². The molecule has 0 amide bonds. The molecule has 0 fully saturated rings. The van der Waals surface area contributed by atoms with Gasteiger partial charge in [-0.1, -0.05) is 5.57 Å². The minimum atomic E-state index is -3.62. The van der Waals surface area contributed by atoms with Gasteiger partial charge >= 0.3 is 0 Å². The molecule has 0 aliphatic carbocycles. The second-order valence-corrected chi connectivity index (χ2v) is 5.13. The van der Waals surface area contributed by atoms with Crippen molar-refractivity contribution in [2.24, 2.45) is 5.14 Å². The van der Waals surface area contributed by atoms with E-state index in [0.717, 1.165) is 12.0 Å². The van der Waals surface area contributed by atoms with E-state index in [4.69, 9.17) is 9.88 Å². The summed E-state index contributed by atoms with van der Waals surface area (Å²) >= 11 is 0. The van der Waals surface area contributed by atoms with Crippen LogP contribution in [0.25, 0.3) is 0 Å². The first-order valence-electron chi connectivity index (χ1n) is 4.79. The molecule has 0 bridgehead atoms. The summed E-state index contributed by atoms with van der Waals surface area (Å²) in [5, 5.41) is 4.97. The van der Waals surface area contributed by atoms with Crippen LogP contribution in [0.4, 0.5) is 0 Å². The van der Waals surface area contributed by atoms with E-state index < -0.39 is 10.0 Å². The summed E-state index contributed by atoms with van der Waals surface area (Å²) in [6.45, 7) is 6.21. The van der Waals surface area contributed by atoms with Crippen molar-refractivity contribution in [2.75, 3.05) is 6.61 Å². The molecule has 0 heterocycles. The Morgan fingerprint density at radius 2 is 1.94 bits per heavy atom. The third-order valence-corrected chi connectivity index (χ3v) is 2.88. The zero-order valence-corrected chi connectivity index (χ0v) is 9.96. The predicted octanol–water partition coefficient (Wildman–Crippen LogP) is 1.68. The molecule has 0 saturated heterocycles. The molecule has 0 atom stereocenters. The molecule has 2 N–H and O–H groups in total. The van der Waals surface area contributed by atoms with E-state index in [1.165, 1.54) is 12.1 Å². The largest absolute Gasteiger partial charge is 0.493 e. The van der Waals surface area contributed by atoms with E-state index in [-0.39, 0.29) is 4.90 Å². The number of hydrogen-bond acceptors (Lipinski definition) is 3. The van der Waals surface area contributed by atoms with Gasteiger partial charge < -0.3 is 4.74 Å². The molecule has 16 heavy (non-hydrogen) atoms. The summed E-state index contributed by atoms with van der Waals surface area (Å²) in [5.41, 5.74) is 1.04. The summed E-state index contributed by atoms with van der Waals surface area (Å²) in [6.07, 6.45) is 0.775. The maximum absolute atomic E-state index is 11.0. The number of hydrogen-bond donors (Lipinski definition) is 1. The monoisotopic (exact) mass is 241 g/mol. The smallest absolute Gasteiger partial charge is 0.238 e. The van der Waals surface area contributed by atoms with Crippen LogP contribution in [0.5, 0.6) is 5.75 Å². The van der Waals surface area contributed by atoms with Crippen molar-refractivity contribution < 1.29 is 13.2 Å². The number of rotatable bonds is 5. The molecular formula is C11H15NO3S. The standard InChI is InChI=1S/C11H15NO3S/c1-9(2)7-8-15-10-3-5-11(6-4-10)16(12,13)14/h3-6H,1,7-8H2,2H3,(H2,12,13,14). The molecule has 0 spiro atoms. The van der Waals surface area contributed by atoms with Crippen molar-refractivity contribution in [1.82, 2.24) is 0 Å². The summed E-state index contributed by atoms with van der Waals surface area (Å²) in [4.78, 5) is 0.0831. The minimum absolute atomic E-state index is 0.0831. The van der Waals surface area contributed by atoms with Crippen molar-refractivity contribution in [2.45, 2.75) is 18.2 Å². The Kier molecular flexibility index (Phi) is 4.09. The number of benzene rings is 1. The van der Waals surface area contributed by atoms with Gasteiger partial charge in [0.05, 0.1) is 11.5 Å². The van der Waals surface area contributed by atoms with Gasteiger partial charge in [0.1, 0.15) is 5.75 Å². The van der Waals surface area contributed by atoms with E-state index in [2.05, 4.69) is 6.58 Å². The van der Waals surface area contributed by atoms with Crippen LogP contribution in [0, 0.1) is 0 Å². The van der Waals surface area contributed by atoms with Gasteiger partial charge in [0, 0.05) is 6.42 Å². The fourth-order valence-corrected chi connectivity index (χ4v) is 1.58. The zero-order chi connectivity index (χ0) is 12.2. The first-order chi connectivity index (χ1) is 7.39. The summed E-state index contributed by atoms with van der Waals surface area (Å²) in [7, 11) is -3.62. The van der Waals surface area contributed by atoms with E-state index in [1.54, 1.807) is 12.1 Å². The van der Waals surface area contributed by atoms with Crippen molar-refractivity contribution >= 4 is 10.0 Å². The maximum Gasteiger partial charge on any atom is 0.238 e. The van der Waals surface area contributed by atoms with Crippen molar-refractivity contribution in [3.63, 3.8) is 0 Å². The second-order valence-electron chi connectivity index (χ2n) is 3.57. The summed E-state index contributed by atoms with van der Waals surface area (Å²) < 4.78 is 27.3. The molecule has 5 heteroatoms. The Bertz CT molecular complexity index is 463. The second kappa shape index (κ2) is 5.14. The molecule has 1 aromatic carbocycles. The average molecular weight is 241 g/mol. The number of primary sulfonamides is 1. The van der Waals surface area contributed by atoms with Crippen LogP contribution < -0.4 is 9.88 Å². The Labute approximate surface area is 95.8 Å². The first kappa shape index (κ1) is 12.7. The van der Waals surface area contributed by atoms with E-state index in [9.17, 15) is 8.42 Å². The van der Waals surface area contributed by atoms with Gasteiger partial charge in [0.25, 0.3) is 0 Å². The average Bonchev–Trinajstić information content (AvgIpc) is 2.16. The van der Waals surface area contributed by atoms with E-state index in [1.807, 2.05) is 6.92 Å². The molecule has 1 aromatic rings. The Balaban J connectivity index is 2.62. The minimum Gasteiger partial charge on any atom is -0.493 e. The van der Waals surface area contributed by atoms with Crippen LogP contribution in [0.1, 0.15) is 13.3 Å². The quantitative estimate of drug-likeness (QED) is 0.797. The first-order valence-corrected chi connectivity index (χ1v) is 6.34. The van der Waals surface area contributed by atoms with Crippen molar-refractivity contribution in [1.29, 1.82) is 0 Å². The highest BCUT2D eigenvalue weighted by atomic mass is 32.2. The highest BCUT2D eigenvalue weighted by Gasteiger charge is 2.06. The van der Waals surface area contributed by atoms with Crippen LogP contribution in [0.3, 0.4) is 0 Å². The fourth-order valence-electron chi connectivity index (χ4n) is 1.07. The topological polar surface area (TPSA) is 69.4 Å². The van der Waals surface area contributed by atoms with Crippen molar-refractivity contribution in [3.05, 3.63) is 36.4 Å². The van der Waals surface area contributed by atoms with Gasteiger partial charge in [0.2, 0.25) is 10.0 Å². The number of nitrogens with two attached hydrogens (primary N) is 1. The van der Waals surface area contributed by atoms with E-state index >= 15 is 0 Å². The molecule has 1 rings (SSSR count). The number of ether oxygens (including phenoxy) is 1. The van der Waals surface area contributed by atoms with Gasteiger partial charge in [-0.3, -0.25) is 0 Å². The molecule has 0 unspecified atom stereocenters. The van der Waals surface area contributed by atoms with Gasteiger partial charge in [-0.15, -0.1) is 6.58 Å². The molecule has 0 aliphatic heterocycles. The maximum atomic E-state index is 11.0. The summed E-state index contributed by atoms with van der Waals surface area (Å²) in [6, 6.07) is 6.01. The lowest BCUT2D eigenvalue weighted by molar-refractivity contribution is 0.321. The lowest BCUT2D eigenvalue weighted by Crippen LogP contribution is -2.11. The zero-order valence-electron chi connectivity index (χ0n) is 9.14. The van der Waals surface area contributed by atoms with E-state index in [0.29, 0.717) is 12.4 Å². The third-order valence-electron chi connectivity index (χ3n) is 1.95. The summed E-state index contributed by atoms with van der Waals surface area (Å²) in [5.74, 6) is 0.619. The Morgan fingerprint density at radius 1 is 1.38 bits per heavy atom. The van der Waals surface area contributed by atoms with Gasteiger partial charge in [0.15, 0.2) is 0 Å². The normalized spacial score (nSPS) is 11.1. The van der Waals surface area contributed by atoms with Crippen LogP contribution in [-0.4, -0.2) is 15.0 Å². The predicted molar refractivity (Wildman–Crippen MR) is 62.7 cm³/mol. The molecule has 88 valence electrons. The van der Waals surface area contributed by atoms with Gasteiger partial charge in [-0.05, 0) is 31.2 Å². The van der Waals surface area contributed by atoms with Crippen LogP contribution in [0.15, 0.2) is 41.3 Å². The molecule has 0 aliphatic rings. The highest BCUT2D eigenvalue weighted by Crippen LogP contribution is 2.15. The SMILES string of the molecule is C=C(C)CCOc1ccc(S(N)(=O)=O)cc1. The highest BCUT2D eigenvalue weighted by molar-refractivity contribution is 7.89. The Morgan fingerprint density at radius 3 is 2.38 bits per heavy atom. The lowest BCUT2D eigenvalue weighted by Gasteiger charge is -2.06. The van der Waals surface area contributed by atoms with Crippen LogP contribution >= 0.6 is 0 Å². The van der Waals surface area contributed by atoms with Gasteiger partial charge in [-0.2, -0.15) is 0 Å².